The normalized spacial score (nSPS) is 14.3. The Bertz CT molecular complexity index is 605. The third-order valence-electron chi connectivity index (χ3n) is 4.57. The Morgan fingerprint density at radius 1 is 1.23 bits per heavy atom. The van der Waals surface area contributed by atoms with Gasteiger partial charge in [-0.1, -0.05) is 24.3 Å². The second kappa shape index (κ2) is 9.86. The summed E-state index contributed by atoms with van der Waals surface area (Å²) in [5, 5.41) is 6.61. The molecule has 2 rings (SSSR count). The van der Waals surface area contributed by atoms with Crippen molar-refractivity contribution in [1.82, 2.24) is 15.5 Å². The van der Waals surface area contributed by atoms with Crippen LogP contribution in [0.1, 0.15) is 44.7 Å². The van der Waals surface area contributed by atoms with Gasteiger partial charge in [-0.2, -0.15) is 11.8 Å². The first-order chi connectivity index (χ1) is 12.4. The molecule has 1 amide bonds. The highest BCUT2D eigenvalue weighted by molar-refractivity contribution is 7.99. The Balaban J connectivity index is 1.73. The molecular weight excluding hydrogens is 344 g/mol. The molecule has 2 N–H and O–H groups in total. The summed E-state index contributed by atoms with van der Waals surface area (Å²) < 4.78 is 0.128. The van der Waals surface area contributed by atoms with Crippen molar-refractivity contribution < 1.29 is 4.79 Å². The molecule has 1 aliphatic rings. The molecule has 1 aliphatic heterocycles. The van der Waals surface area contributed by atoms with Gasteiger partial charge in [0.2, 0.25) is 5.91 Å². The van der Waals surface area contributed by atoms with Crippen LogP contribution in [0.2, 0.25) is 0 Å². The van der Waals surface area contributed by atoms with E-state index < -0.39 is 0 Å². The molecule has 0 aliphatic carbocycles. The molecule has 26 heavy (non-hydrogen) atoms. The molecule has 6 heteroatoms. The quantitative estimate of drug-likeness (QED) is 0.416. The Labute approximate surface area is 162 Å². The van der Waals surface area contributed by atoms with Crippen LogP contribution in [0, 0.1) is 0 Å². The lowest BCUT2D eigenvalue weighted by molar-refractivity contribution is -0.131. The summed E-state index contributed by atoms with van der Waals surface area (Å²) in [5.74, 6) is 1.06. The Morgan fingerprint density at radius 3 is 2.46 bits per heavy atom. The van der Waals surface area contributed by atoms with Crippen molar-refractivity contribution >= 4 is 23.6 Å². The second-order valence-electron chi connectivity index (χ2n) is 7.21. The van der Waals surface area contributed by atoms with Crippen molar-refractivity contribution in [3.05, 3.63) is 35.4 Å². The van der Waals surface area contributed by atoms with Gasteiger partial charge in [-0.25, -0.2) is 0 Å². The number of carbonyl (C=O) groups is 1. The van der Waals surface area contributed by atoms with Gasteiger partial charge in [0.05, 0.1) is 6.54 Å². The van der Waals surface area contributed by atoms with Crippen LogP contribution in [-0.4, -0.2) is 47.4 Å². The van der Waals surface area contributed by atoms with Crippen molar-refractivity contribution in [2.24, 2.45) is 4.99 Å². The first-order valence-corrected chi connectivity index (χ1v) is 10.6. The minimum Gasteiger partial charge on any atom is -0.357 e. The Morgan fingerprint density at radius 2 is 1.88 bits per heavy atom. The molecular formula is C20H32N4OS. The van der Waals surface area contributed by atoms with Gasteiger partial charge in [-0.05, 0) is 44.6 Å². The second-order valence-corrected chi connectivity index (χ2v) is 8.72. The number of nitrogens with one attached hydrogen (secondary N) is 2. The van der Waals surface area contributed by atoms with E-state index in [1.54, 1.807) is 0 Å². The van der Waals surface area contributed by atoms with Crippen LogP contribution in [0.15, 0.2) is 29.3 Å². The fourth-order valence-corrected chi connectivity index (χ4v) is 2.98. The number of hydrogen-bond acceptors (Lipinski definition) is 3. The van der Waals surface area contributed by atoms with E-state index in [1.807, 2.05) is 28.8 Å². The van der Waals surface area contributed by atoms with E-state index in [9.17, 15) is 4.79 Å². The number of fused-ring (bicyclic) bond motifs is 1. The molecule has 0 atom stereocenters. The predicted molar refractivity (Wildman–Crippen MR) is 112 cm³/mol. The molecule has 5 nitrogen and oxygen atoms in total. The molecule has 0 radical (unpaired) electrons. The van der Waals surface area contributed by atoms with Gasteiger partial charge in [0.15, 0.2) is 5.96 Å². The summed E-state index contributed by atoms with van der Waals surface area (Å²) in [6.07, 6.45) is 3.48. The maximum atomic E-state index is 12.4. The van der Waals surface area contributed by atoms with Crippen molar-refractivity contribution in [2.75, 3.05) is 25.9 Å². The van der Waals surface area contributed by atoms with Gasteiger partial charge in [0.25, 0.3) is 0 Å². The number of amides is 1. The van der Waals surface area contributed by atoms with Gasteiger partial charge in [0, 0.05) is 37.3 Å². The van der Waals surface area contributed by atoms with Crippen LogP contribution >= 0.6 is 11.8 Å². The number of rotatable bonds is 8. The molecule has 1 aromatic carbocycles. The number of aliphatic imine (C=N–C) groups is 1. The molecule has 0 bridgehead atoms. The monoisotopic (exact) mass is 376 g/mol. The zero-order valence-electron chi connectivity index (χ0n) is 16.5. The molecule has 0 fully saturated rings. The van der Waals surface area contributed by atoms with Crippen molar-refractivity contribution in [1.29, 1.82) is 0 Å². The van der Waals surface area contributed by atoms with Gasteiger partial charge in [0.1, 0.15) is 0 Å². The fraction of sp³-hybridized carbons (Fsp3) is 0.600. The number of hydrogen-bond donors (Lipinski definition) is 2. The number of nitrogens with zero attached hydrogens (tertiary/aromatic N) is 2. The Hall–Kier alpha value is -1.69. The molecule has 0 aromatic heterocycles. The number of thioether (sulfide) groups is 1. The lowest BCUT2D eigenvalue weighted by Crippen LogP contribution is -2.39. The summed E-state index contributed by atoms with van der Waals surface area (Å²) >= 11 is 1.82. The SMILES string of the molecule is CCNC(=NCC(C)(C)SC)NCCCC(=O)N1Cc2ccccc2C1. The number of guanidine groups is 1. The molecule has 1 heterocycles. The Kier molecular flexibility index (Phi) is 7.82. The van der Waals surface area contributed by atoms with E-state index in [0.29, 0.717) is 6.42 Å². The first-order valence-electron chi connectivity index (χ1n) is 9.37. The molecule has 0 saturated heterocycles. The number of carbonyl (C=O) groups excluding carboxylic acids is 1. The van der Waals surface area contributed by atoms with Gasteiger partial charge >= 0.3 is 0 Å². The summed E-state index contributed by atoms with van der Waals surface area (Å²) in [4.78, 5) is 19.0. The van der Waals surface area contributed by atoms with E-state index in [4.69, 9.17) is 0 Å². The van der Waals surface area contributed by atoms with E-state index in [2.05, 4.69) is 54.8 Å². The zero-order valence-corrected chi connectivity index (χ0v) is 17.3. The molecule has 144 valence electrons. The van der Waals surface area contributed by atoms with Crippen LogP contribution < -0.4 is 10.6 Å². The summed E-state index contributed by atoms with van der Waals surface area (Å²) in [5.41, 5.74) is 2.55. The first kappa shape index (κ1) is 20.6. The van der Waals surface area contributed by atoms with Gasteiger partial charge < -0.3 is 15.5 Å². The maximum Gasteiger partial charge on any atom is 0.223 e. The smallest absolute Gasteiger partial charge is 0.223 e. The third-order valence-corrected chi connectivity index (χ3v) is 5.80. The fourth-order valence-electron chi connectivity index (χ4n) is 2.79. The summed E-state index contributed by atoms with van der Waals surface area (Å²) in [7, 11) is 0. The number of benzene rings is 1. The zero-order chi connectivity index (χ0) is 19.0. The average molecular weight is 377 g/mol. The van der Waals surface area contributed by atoms with Crippen molar-refractivity contribution in [3.8, 4) is 0 Å². The third kappa shape index (κ3) is 6.24. The van der Waals surface area contributed by atoms with Crippen molar-refractivity contribution in [3.63, 3.8) is 0 Å². The van der Waals surface area contributed by atoms with Crippen LogP contribution in [0.25, 0.3) is 0 Å². The van der Waals surface area contributed by atoms with E-state index in [0.717, 1.165) is 45.1 Å². The lowest BCUT2D eigenvalue weighted by Gasteiger charge is -2.20. The van der Waals surface area contributed by atoms with Crippen LogP contribution in [0.3, 0.4) is 0 Å². The predicted octanol–water partition coefficient (Wildman–Crippen LogP) is 3.01. The summed E-state index contributed by atoms with van der Waals surface area (Å²) in [6.45, 7) is 10.3. The van der Waals surface area contributed by atoms with Gasteiger partial charge in [-0.15, -0.1) is 0 Å². The van der Waals surface area contributed by atoms with Gasteiger partial charge in [-0.3, -0.25) is 9.79 Å². The summed E-state index contributed by atoms with van der Waals surface area (Å²) in [6, 6.07) is 8.30. The van der Waals surface area contributed by atoms with Crippen molar-refractivity contribution in [2.45, 2.75) is 51.4 Å². The minimum absolute atomic E-state index is 0.128. The lowest BCUT2D eigenvalue weighted by atomic mass is 10.1. The molecule has 0 unspecified atom stereocenters. The molecule has 1 aromatic rings. The topological polar surface area (TPSA) is 56.7 Å². The largest absolute Gasteiger partial charge is 0.357 e. The van der Waals surface area contributed by atoms with E-state index >= 15 is 0 Å². The van der Waals surface area contributed by atoms with E-state index in [-0.39, 0.29) is 10.7 Å². The molecule has 0 saturated carbocycles. The standard InChI is InChI=1S/C20H32N4OS/c1-5-21-19(23-15-20(2,3)26-4)22-12-8-11-18(25)24-13-16-9-6-7-10-17(16)14-24/h6-7,9-10H,5,8,11-15H2,1-4H3,(H2,21,22,23). The van der Waals surface area contributed by atoms with Crippen LogP contribution in [-0.2, 0) is 17.9 Å². The minimum atomic E-state index is 0.128. The maximum absolute atomic E-state index is 12.4. The van der Waals surface area contributed by atoms with Crippen LogP contribution in [0.5, 0.6) is 0 Å². The van der Waals surface area contributed by atoms with Crippen LogP contribution in [0.4, 0.5) is 0 Å². The molecule has 0 spiro atoms. The highest BCUT2D eigenvalue weighted by Crippen LogP contribution is 2.23. The van der Waals surface area contributed by atoms with E-state index in [1.165, 1.54) is 11.1 Å². The highest BCUT2D eigenvalue weighted by atomic mass is 32.2. The average Bonchev–Trinajstić information content (AvgIpc) is 3.07. The highest BCUT2D eigenvalue weighted by Gasteiger charge is 2.22.